The van der Waals surface area contributed by atoms with Crippen LogP contribution in [0.4, 0.5) is 0 Å². The number of amides is 2. The minimum Gasteiger partial charge on any atom is -0.347 e. The molecule has 1 heterocycles. The molecular weight excluding hydrogens is 194 g/mol. The van der Waals surface area contributed by atoms with Gasteiger partial charge in [-0.05, 0) is 19.4 Å². The fourth-order valence-electron chi connectivity index (χ4n) is 1.52. The molecular formula is C10H19N3O2. The summed E-state index contributed by atoms with van der Waals surface area (Å²) in [6.07, 6.45) is 3.06. The predicted octanol–water partition coefficient (Wildman–Crippen LogP) is -0.667. The average Bonchev–Trinajstić information content (AvgIpc) is 2.26. The fourth-order valence-corrected chi connectivity index (χ4v) is 1.52. The van der Waals surface area contributed by atoms with Gasteiger partial charge in [0.25, 0.3) is 0 Å². The monoisotopic (exact) mass is 213 g/mol. The topological polar surface area (TPSA) is 61.4 Å². The van der Waals surface area contributed by atoms with Crippen molar-refractivity contribution in [3.05, 3.63) is 0 Å². The number of nitrogens with one attached hydrogen (secondary N) is 2. The van der Waals surface area contributed by atoms with Gasteiger partial charge in [-0.25, -0.2) is 0 Å². The number of likely N-dealkylation sites (N-methyl/N-ethyl adjacent to an activating group) is 1. The first-order valence-corrected chi connectivity index (χ1v) is 5.32. The molecule has 5 nitrogen and oxygen atoms in total. The van der Waals surface area contributed by atoms with E-state index in [1.807, 2.05) is 0 Å². The van der Waals surface area contributed by atoms with Crippen LogP contribution in [0.2, 0.25) is 0 Å². The summed E-state index contributed by atoms with van der Waals surface area (Å²) in [7, 11) is 3.35. The molecule has 0 saturated carbocycles. The molecule has 2 amide bonds. The van der Waals surface area contributed by atoms with Crippen LogP contribution >= 0.6 is 0 Å². The van der Waals surface area contributed by atoms with Crippen LogP contribution in [0.15, 0.2) is 0 Å². The van der Waals surface area contributed by atoms with E-state index in [1.165, 1.54) is 4.90 Å². The van der Waals surface area contributed by atoms with E-state index in [9.17, 15) is 9.59 Å². The summed E-state index contributed by atoms with van der Waals surface area (Å²) in [4.78, 5) is 24.3. The average molecular weight is 213 g/mol. The summed E-state index contributed by atoms with van der Waals surface area (Å²) in [5.74, 6) is -0.149. The highest BCUT2D eigenvalue weighted by Crippen LogP contribution is 2.06. The van der Waals surface area contributed by atoms with Gasteiger partial charge in [-0.1, -0.05) is 6.42 Å². The van der Waals surface area contributed by atoms with Crippen molar-refractivity contribution in [1.29, 1.82) is 0 Å². The lowest BCUT2D eigenvalue weighted by molar-refractivity contribution is -0.131. The molecule has 0 aliphatic carbocycles. The predicted molar refractivity (Wildman–Crippen MR) is 57.3 cm³/mol. The number of nitrogens with zero attached hydrogens (tertiary/aromatic N) is 1. The van der Waals surface area contributed by atoms with Gasteiger partial charge in [-0.2, -0.15) is 0 Å². The largest absolute Gasteiger partial charge is 0.347 e. The number of hydrogen-bond donors (Lipinski definition) is 2. The first-order chi connectivity index (χ1) is 7.11. The van der Waals surface area contributed by atoms with Gasteiger partial charge in [0.2, 0.25) is 11.8 Å². The number of carbonyl (C=O) groups excluding carboxylic acids is 2. The van der Waals surface area contributed by atoms with Crippen molar-refractivity contribution in [2.45, 2.75) is 25.3 Å². The van der Waals surface area contributed by atoms with Crippen molar-refractivity contribution in [3.63, 3.8) is 0 Å². The van der Waals surface area contributed by atoms with Crippen LogP contribution in [-0.4, -0.2) is 49.9 Å². The number of piperidine rings is 1. The Balaban J connectivity index is 2.26. The third-order valence-electron chi connectivity index (χ3n) is 2.54. The minimum absolute atomic E-state index is 0.0649. The molecule has 0 bridgehead atoms. The second-order valence-electron chi connectivity index (χ2n) is 4.01. The molecule has 5 heteroatoms. The van der Waals surface area contributed by atoms with Gasteiger partial charge in [0.05, 0.1) is 12.6 Å². The Morgan fingerprint density at radius 2 is 2.13 bits per heavy atom. The smallest absolute Gasteiger partial charge is 0.241 e. The quantitative estimate of drug-likeness (QED) is 0.654. The lowest BCUT2D eigenvalue weighted by atomic mass is 10.0. The minimum atomic E-state index is -0.117. The summed E-state index contributed by atoms with van der Waals surface area (Å²) in [5.41, 5.74) is 0. The standard InChI is InChI=1S/C10H19N3O2/c1-13(2)9(14)7-12-10(15)8-5-3-4-6-11-8/h8,11H,3-7H2,1-2H3,(H,12,15)/t8-/m1/s1. The first kappa shape index (κ1) is 12.0. The van der Waals surface area contributed by atoms with E-state index < -0.39 is 0 Å². The Bertz CT molecular complexity index is 235. The van der Waals surface area contributed by atoms with Crippen LogP contribution in [0, 0.1) is 0 Å². The first-order valence-electron chi connectivity index (χ1n) is 5.32. The van der Waals surface area contributed by atoms with Crippen LogP contribution in [0.3, 0.4) is 0 Å². The van der Waals surface area contributed by atoms with Gasteiger partial charge < -0.3 is 15.5 Å². The van der Waals surface area contributed by atoms with Crippen molar-refractivity contribution < 1.29 is 9.59 Å². The van der Waals surface area contributed by atoms with Crippen LogP contribution in [0.25, 0.3) is 0 Å². The van der Waals surface area contributed by atoms with Crippen LogP contribution < -0.4 is 10.6 Å². The fraction of sp³-hybridized carbons (Fsp3) is 0.800. The van der Waals surface area contributed by atoms with Crippen molar-refractivity contribution in [3.8, 4) is 0 Å². The summed E-state index contributed by atoms with van der Waals surface area (Å²) in [6, 6.07) is -0.117. The molecule has 0 aromatic carbocycles. The zero-order valence-electron chi connectivity index (χ0n) is 9.38. The molecule has 15 heavy (non-hydrogen) atoms. The van der Waals surface area contributed by atoms with E-state index in [2.05, 4.69) is 10.6 Å². The van der Waals surface area contributed by atoms with Crippen LogP contribution in [0.5, 0.6) is 0 Å². The summed E-state index contributed by atoms with van der Waals surface area (Å²) in [5, 5.41) is 5.78. The number of hydrogen-bond acceptors (Lipinski definition) is 3. The molecule has 0 aromatic heterocycles. The maximum Gasteiger partial charge on any atom is 0.241 e. The highest BCUT2D eigenvalue weighted by Gasteiger charge is 2.20. The maximum absolute atomic E-state index is 11.6. The van der Waals surface area contributed by atoms with E-state index >= 15 is 0 Å². The summed E-state index contributed by atoms with van der Waals surface area (Å²) < 4.78 is 0. The van der Waals surface area contributed by atoms with Gasteiger partial charge in [-0.15, -0.1) is 0 Å². The Kier molecular flexibility index (Phi) is 4.55. The molecule has 0 spiro atoms. The summed E-state index contributed by atoms with van der Waals surface area (Å²) >= 11 is 0. The Morgan fingerprint density at radius 3 is 2.67 bits per heavy atom. The second kappa shape index (κ2) is 5.70. The SMILES string of the molecule is CN(C)C(=O)CNC(=O)[C@H]1CCCCN1. The van der Waals surface area contributed by atoms with Gasteiger partial charge in [0.15, 0.2) is 0 Å². The lowest BCUT2D eigenvalue weighted by Crippen LogP contribution is -2.48. The van der Waals surface area contributed by atoms with Crippen LogP contribution in [0.1, 0.15) is 19.3 Å². The zero-order chi connectivity index (χ0) is 11.3. The van der Waals surface area contributed by atoms with Crippen molar-refractivity contribution in [2.75, 3.05) is 27.2 Å². The molecule has 0 radical (unpaired) electrons. The van der Waals surface area contributed by atoms with Gasteiger partial charge in [0.1, 0.15) is 0 Å². The molecule has 1 aliphatic rings. The Morgan fingerprint density at radius 1 is 1.40 bits per heavy atom. The van der Waals surface area contributed by atoms with Crippen molar-refractivity contribution in [2.24, 2.45) is 0 Å². The number of carbonyl (C=O) groups is 2. The normalized spacial score (nSPS) is 20.8. The lowest BCUT2D eigenvalue weighted by Gasteiger charge is -2.22. The van der Waals surface area contributed by atoms with Gasteiger partial charge in [0, 0.05) is 14.1 Å². The molecule has 0 aromatic rings. The highest BCUT2D eigenvalue weighted by molar-refractivity contribution is 5.87. The molecule has 1 aliphatic heterocycles. The molecule has 1 rings (SSSR count). The maximum atomic E-state index is 11.6. The zero-order valence-corrected chi connectivity index (χ0v) is 9.38. The van der Waals surface area contributed by atoms with Crippen molar-refractivity contribution >= 4 is 11.8 Å². The summed E-state index contributed by atoms with van der Waals surface area (Å²) in [6.45, 7) is 0.976. The third-order valence-corrected chi connectivity index (χ3v) is 2.54. The molecule has 1 atom stereocenters. The molecule has 86 valence electrons. The molecule has 2 N–H and O–H groups in total. The molecule has 1 saturated heterocycles. The third kappa shape index (κ3) is 3.87. The number of rotatable bonds is 3. The second-order valence-corrected chi connectivity index (χ2v) is 4.01. The van der Waals surface area contributed by atoms with Crippen molar-refractivity contribution in [1.82, 2.24) is 15.5 Å². The van der Waals surface area contributed by atoms with E-state index in [4.69, 9.17) is 0 Å². The van der Waals surface area contributed by atoms with Gasteiger partial charge >= 0.3 is 0 Å². The van der Waals surface area contributed by atoms with E-state index in [0.717, 1.165) is 25.8 Å². The molecule has 0 unspecified atom stereocenters. The van der Waals surface area contributed by atoms with Gasteiger partial charge in [-0.3, -0.25) is 9.59 Å². The van der Waals surface area contributed by atoms with E-state index in [0.29, 0.717) is 0 Å². The van der Waals surface area contributed by atoms with E-state index in [-0.39, 0.29) is 24.4 Å². The Hall–Kier alpha value is -1.10. The highest BCUT2D eigenvalue weighted by atomic mass is 16.2. The van der Waals surface area contributed by atoms with Crippen LogP contribution in [-0.2, 0) is 9.59 Å². The molecule has 1 fully saturated rings. The van der Waals surface area contributed by atoms with E-state index in [1.54, 1.807) is 14.1 Å². The Labute approximate surface area is 90.2 Å².